The zero-order valence-corrected chi connectivity index (χ0v) is 57.2. The van der Waals surface area contributed by atoms with E-state index in [2.05, 4.69) is 4.72 Å². The Bertz CT molecular complexity index is 3050. The van der Waals surface area contributed by atoms with E-state index in [1.54, 1.807) is 9.44 Å². The molecule has 4 heterocycles. The summed E-state index contributed by atoms with van der Waals surface area (Å²) < 4.78 is 231. The molecule has 0 aromatic heterocycles. The zero-order chi connectivity index (χ0) is 78.3. The molecule has 12 atom stereocenters. The molecule has 30 N–H and O–H groups in total. The highest BCUT2D eigenvalue weighted by atomic mass is 32.2. The Morgan fingerprint density at radius 3 is 1.14 bits per heavy atom. The molecular weight excluding hydrogens is 1480 g/mol. The van der Waals surface area contributed by atoms with Crippen molar-refractivity contribution in [2.24, 2.45) is 69.5 Å². The molecule has 0 aliphatic carbocycles. The van der Waals surface area contributed by atoms with Crippen LogP contribution in [0.4, 0.5) is 39.5 Å². The van der Waals surface area contributed by atoms with Gasteiger partial charge < -0.3 is 94.3 Å². The number of carbonyl (C=O) groups excluding carboxylic acids is 2. The van der Waals surface area contributed by atoms with Crippen molar-refractivity contribution in [3.05, 3.63) is 0 Å². The molecule has 0 aromatic rings. The molecule has 57 heteroatoms. The number of hydrogen-bond acceptors (Lipinski definition) is 30. The highest BCUT2D eigenvalue weighted by molar-refractivity contribution is 7.88. The van der Waals surface area contributed by atoms with Gasteiger partial charge in [-0.05, 0) is 51.0 Å². The molecule has 0 saturated carbocycles. The fraction of sp³-hybridized carbons (Fsp3) is 0.909. The Labute approximate surface area is 577 Å². The number of carbonyl (C=O) groups is 4. The zero-order valence-electron chi connectivity index (χ0n) is 54.0. The fourth-order valence-corrected chi connectivity index (χ4v) is 16.3. The van der Waals surface area contributed by atoms with Crippen LogP contribution < -0.4 is 64.8 Å². The van der Waals surface area contributed by atoms with Crippen LogP contribution in [0.15, 0.2) is 0 Å². The Hall–Kier alpha value is -3.65. The van der Waals surface area contributed by atoms with Crippen LogP contribution in [-0.2, 0) is 69.5 Å². The third-order valence-electron chi connectivity index (χ3n) is 16.5. The number of aliphatic carboxylic acids is 2. The topological polar surface area (TPSA) is 695 Å². The monoisotopic (exact) mass is 1570 g/mol. The highest BCUT2D eigenvalue weighted by Crippen LogP contribution is 2.36. The van der Waals surface area contributed by atoms with Gasteiger partial charge >= 0.3 is 52.8 Å². The largest absolute Gasteiger partial charge is 0.480 e. The second-order valence-electron chi connectivity index (χ2n) is 24.1. The molecule has 0 aromatic carbocycles. The molecule has 101 heavy (non-hydrogen) atoms. The van der Waals surface area contributed by atoms with Gasteiger partial charge in [-0.1, -0.05) is 25.7 Å². The van der Waals surface area contributed by atoms with E-state index in [1.807, 2.05) is 0 Å². The van der Waals surface area contributed by atoms with Crippen molar-refractivity contribution >= 4 is 94.2 Å². The SMILES string of the molecule is NC[C@@H](NS(=O)(=O)N1C[C@H](CCCB(O)O)[C@](N)(C(=O)O)C1)C(F)F.NC[C@@H](NS(=O)(=O)N1C[C@H](CCCB(O)O)[C@](N)(OC=O)C1)C(F)(F)F.NC[C@H](CF)NS(=O)(=O)N1C[C@H](CCCB(O)O)[C@](N)(C(=O)O)C1.N[C@H](CNS(=O)(=O)N1C[C@H](CCCB(O)O)[C@](N)(OC=O)C1)C(F)(F)F. The second kappa shape index (κ2) is 40.9. The quantitative estimate of drug-likeness (QED) is 0.0117. The van der Waals surface area contributed by atoms with Crippen molar-refractivity contribution in [1.82, 2.24) is 36.1 Å². The number of ether oxygens (including phenoxy) is 2. The van der Waals surface area contributed by atoms with Crippen molar-refractivity contribution in [1.29, 1.82) is 0 Å². The predicted molar refractivity (Wildman–Crippen MR) is 338 cm³/mol. The summed E-state index contributed by atoms with van der Waals surface area (Å²) in [7, 11) is -23.7. The van der Waals surface area contributed by atoms with Crippen molar-refractivity contribution in [3.8, 4) is 0 Å². The summed E-state index contributed by atoms with van der Waals surface area (Å²) in [6, 6.07) is -7.76. The first-order valence-corrected chi connectivity index (χ1v) is 36.1. The molecule has 0 bridgehead atoms. The van der Waals surface area contributed by atoms with Crippen LogP contribution in [0.3, 0.4) is 0 Å². The number of carboxylic acids is 2. The minimum atomic E-state index is -4.88. The van der Waals surface area contributed by atoms with E-state index in [4.69, 9.17) is 95.5 Å². The first kappa shape index (κ1) is 95.4. The average Bonchev–Trinajstić information content (AvgIpc) is 1.65. The minimum Gasteiger partial charge on any atom is -0.480 e. The molecular formula is C44H91B4F9N16O24S4. The van der Waals surface area contributed by atoms with E-state index in [0.717, 1.165) is 8.61 Å². The summed E-state index contributed by atoms with van der Waals surface area (Å²) in [6.07, 6.45) is -11.1. The normalized spacial score (nSPS) is 26.1. The number of hydrogen-bond donors (Lipinski definition) is 22. The summed E-state index contributed by atoms with van der Waals surface area (Å²) in [6.45, 7) is -6.90. The molecule has 0 amide bonds. The van der Waals surface area contributed by atoms with Crippen LogP contribution in [0.5, 0.6) is 0 Å². The molecule has 4 saturated heterocycles. The maximum atomic E-state index is 12.8. The lowest BCUT2D eigenvalue weighted by atomic mass is 9.78. The average molecular weight is 1570 g/mol. The maximum Gasteiger partial charge on any atom is 0.451 e. The van der Waals surface area contributed by atoms with Crippen molar-refractivity contribution in [2.75, 3.05) is 85.2 Å². The molecule has 4 aliphatic rings. The van der Waals surface area contributed by atoms with Crippen LogP contribution in [0.1, 0.15) is 51.4 Å². The highest BCUT2D eigenvalue weighted by Gasteiger charge is 2.56. The number of carboxylic acid groups (broad SMARTS) is 2. The van der Waals surface area contributed by atoms with Gasteiger partial charge in [0.25, 0.3) is 60.2 Å². The molecule has 0 radical (unpaired) electrons. The third-order valence-corrected chi connectivity index (χ3v) is 22.7. The fourth-order valence-electron chi connectivity index (χ4n) is 10.5. The third kappa shape index (κ3) is 29.9. The molecule has 0 spiro atoms. The number of halogens is 9. The summed E-state index contributed by atoms with van der Waals surface area (Å²) in [4.78, 5) is 44.3. The number of alkyl halides is 9. The van der Waals surface area contributed by atoms with Gasteiger partial charge in [0.2, 0.25) is 0 Å². The molecule has 4 fully saturated rings. The first-order valence-electron chi connectivity index (χ1n) is 30.4. The van der Waals surface area contributed by atoms with Crippen LogP contribution in [0.25, 0.3) is 0 Å². The smallest absolute Gasteiger partial charge is 0.451 e. The van der Waals surface area contributed by atoms with Gasteiger partial charge in [0, 0.05) is 89.1 Å². The van der Waals surface area contributed by atoms with Crippen LogP contribution >= 0.6 is 0 Å². The van der Waals surface area contributed by atoms with Crippen LogP contribution in [-0.4, -0.2) is 305 Å². The standard InChI is InChI=1S/2C11H22BF3N4O6S.C11H23BF2N4O6S.C11H24BFN4O6S/c13-11(14,15)9(16)4-18-26(23,24)19-5-8(2-1-3-12(21)22)10(17,6-19)25-7-20;13-11(14,15)9(4-16)18-26(23,24)19-5-8(2-1-3-12(21)22)10(17,6-19)25-7-20;13-9(14)8(4-15)17-25(23,24)18-5-7(2-1-3-12(21)22)11(16,6-18)10(19)20;13-4-9(5-14)16-24(22,23)17-6-8(2-1-3-12(20)21)11(15,7-17)10(18)19/h2*7-9,18,21-22H,1-6,16-17H2;7-9,17,21-22H,1-6,15-16H2,(H,19,20);8-9,16,20-21H,1-7,14-15H2,(H,18,19)/t2*8-,9+,10+;7-,8+,11-;8-,9-,11-/m0000/s1. The van der Waals surface area contributed by atoms with E-state index in [9.17, 15) is 103 Å². The van der Waals surface area contributed by atoms with E-state index in [-0.39, 0.29) is 122 Å². The second-order valence-corrected chi connectivity index (χ2v) is 31.0. The lowest BCUT2D eigenvalue weighted by Gasteiger charge is -2.28. The van der Waals surface area contributed by atoms with E-state index in [0.29, 0.717) is 8.61 Å². The van der Waals surface area contributed by atoms with E-state index < -0.39 is 223 Å². The molecule has 590 valence electrons. The number of nitrogens with two attached hydrogens (primary N) is 8. The van der Waals surface area contributed by atoms with Gasteiger partial charge in [0.05, 0.1) is 25.2 Å². The van der Waals surface area contributed by atoms with Gasteiger partial charge in [-0.25, -0.2) is 17.9 Å². The van der Waals surface area contributed by atoms with Gasteiger partial charge in [-0.15, -0.1) is 0 Å². The molecule has 0 unspecified atom stereocenters. The number of nitrogens with zero attached hydrogens (tertiary/aromatic N) is 4. The van der Waals surface area contributed by atoms with Crippen molar-refractivity contribution < 1.29 is 152 Å². The molecule has 4 rings (SSSR count). The van der Waals surface area contributed by atoms with E-state index >= 15 is 0 Å². The first-order chi connectivity index (χ1) is 46.2. The predicted octanol–water partition coefficient (Wildman–Crippen LogP) is -10.1. The Morgan fingerprint density at radius 2 is 0.851 bits per heavy atom. The molecule has 40 nitrogen and oxygen atoms in total. The summed E-state index contributed by atoms with van der Waals surface area (Å²) in [5.74, 6) is -5.74. The molecule has 4 aliphatic heterocycles. The van der Waals surface area contributed by atoms with Crippen LogP contribution in [0, 0.1) is 23.7 Å². The van der Waals surface area contributed by atoms with Crippen molar-refractivity contribution in [2.45, 2.75) is 142 Å². The van der Waals surface area contributed by atoms with Gasteiger partial charge in [-0.2, -0.15) is 91.4 Å². The Balaban J connectivity index is 0.000000674. The lowest BCUT2D eigenvalue weighted by molar-refractivity contribution is -0.149. The Morgan fingerprint density at radius 1 is 0.525 bits per heavy atom. The van der Waals surface area contributed by atoms with Crippen LogP contribution in [0.2, 0.25) is 25.3 Å². The minimum absolute atomic E-state index is 0.000887. The number of rotatable bonds is 40. The van der Waals surface area contributed by atoms with Gasteiger partial charge in [-0.3, -0.25) is 30.6 Å². The number of nitrogens with one attached hydrogen (secondary N) is 4. The van der Waals surface area contributed by atoms with E-state index in [1.165, 1.54) is 4.72 Å². The maximum absolute atomic E-state index is 12.8. The summed E-state index contributed by atoms with van der Waals surface area (Å²) in [5, 5.41) is 89.4. The lowest BCUT2D eigenvalue weighted by Crippen LogP contribution is -2.56. The van der Waals surface area contributed by atoms with Crippen molar-refractivity contribution in [3.63, 3.8) is 0 Å². The summed E-state index contributed by atoms with van der Waals surface area (Å²) in [5.41, 5.74) is 36.7. The van der Waals surface area contributed by atoms with Gasteiger partial charge in [0.1, 0.15) is 29.8 Å². The Kier molecular flexibility index (Phi) is 38.6. The van der Waals surface area contributed by atoms with Gasteiger partial charge in [0.15, 0.2) is 11.4 Å². The summed E-state index contributed by atoms with van der Waals surface area (Å²) >= 11 is 0.